The van der Waals surface area contributed by atoms with Crippen molar-refractivity contribution in [1.29, 1.82) is 0 Å². The fourth-order valence-corrected chi connectivity index (χ4v) is 3.88. The predicted octanol–water partition coefficient (Wildman–Crippen LogP) is 1.09. The Morgan fingerprint density at radius 2 is 1.65 bits per heavy atom. The van der Waals surface area contributed by atoms with Gasteiger partial charge in [-0.1, -0.05) is 24.3 Å². The third kappa shape index (κ3) is 8.30. The van der Waals surface area contributed by atoms with Gasteiger partial charge in [0.05, 0.1) is 23.6 Å². The van der Waals surface area contributed by atoms with E-state index in [1.54, 1.807) is 12.1 Å². The van der Waals surface area contributed by atoms with E-state index >= 15 is 0 Å². The summed E-state index contributed by atoms with van der Waals surface area (Å²) in [5, 5.41) is 13.6. The maximum absolute atomic E-state index is 12.7. The number of aliphatic hydroxyl groups excluding tert-OH is 1. The van der Waals surface area contributed by atoms with E-state index in [4.69, 9.17) is 14.6 Å². The molecule has 12 nitrogen and oxygen atoms in total. The van der Waals surface area contributed by atoms with Gasteiger partial charge in [-0.25, -0.2) is 22.9 Å². The Balaban J connectivity index is 1.56. The van der Waals surface area contributed by atoms with Crippen molar-refractivity contribution in [2.45, 2.75) is 4.90 Å². The summed E-state index contributed by atoms with van der Waals surface area (Å²) in [6.07, 6.45) is 0.176. The molecule has 0 aliphatic heterocycles. The van der Waals surface area contributed by atoms with Crippen molar-refractivity contribution in [2.24, 2.45) is 0 Å². The zero-order valence-electron chi connectivity index (χ0n) is 19.4. The van der Waals surface area contributed by atoms with Crippen molar-refractivity contribution in [3.63, 3.8) is 0 Å². The fourth-order valence-electron chi connectivity index (χ4n) is 2.86. The van der Waals surface area contributed by atoms with Crippen LogP contribution in [0, 0.1) is 0 Å². The van der Waals surface area contributed by atoms with Gasteiger partial charge in [-0.15, -0.1) is 0 Å². The molecule has 0 fully saturated rings. The Morgan fingerprint density at radius 1 is 0.865 bits per heavy atom. The average Bonchev–Trinajstić information content (AvgIpc) is 2.90. The lowest BCUT2D eigenvalue weighted by Crippen LogP contribution is -2.31. The molecule has 37 heavy (non-hydrogen) atoms. The number of hydrogen-bond acceptors (Lipinski definition) is 9. The molecule has 1 aromatic heterocycles. The Kier molecular flexibility index (Phi) is 9.52. The van der Waals surface area contributed by atoms with Gasteiger partial charge in [0.25, 0.3) is 21.8 Å². The largest absolute Gasteiger partial charge is 0.492 e. The number of para-hydroxylation sites is 1. The van der Waals surface area contributed by atoms with Crippen LogP contribution in [0.1, 0.15) is 20.7 Å². The molecule has 3 rings (SSSR count). The van der Waals surface area contributed by atoms with Gasteiger partial charge in [-0.2, -0.15) is 0 Å². The van der Waals surface area contributed by atoms with E-state index < -0.39 is 27.9 Å². The fraction of sp³-hybridized carbons (Fsp3) is 0.167. The molecule has 194 valence electrons. The van der Waals surface area contributed by atoms with E-state index in [2.05, 4.69) is 15.6 Å². The molecule has 0 spiro atoms. The first kappa shape index (κ1) is 27.1. The van der Waals surface area contributed by atoms with Crippen LogP contribution in [0.5, 0.6) is 11.6 Å². The van der Waals surface area contributed by atoms with Crippen LogP contribution in [-0.2, 0) is 10.0 Å². The van der Waals surface area contributed by atoms with Crippen LogP contribution in [0.3, 0.4) is 0 Å². The van der Waals surface area contributed by atoms with Gasteiger partial charge >= 0.3 is 6.09 Å². The van der Waals surface area contributed by atoms with Gasteiger partial charge in [-0.05, 0) is 36.4 Å². The number of aromatic nitrogens is 1. The minimum atomic E-state index is -4.32. The number of nitrogens with one attached hydrogen (secondary N) is 3. The summed E-state index contributed by atoms with van der Waals surface area (Å²) in [6.45, 7) is 0.127. The molecule has 3 amide bonds. The summed E-state index contributed by atoms with van der Waals surface area (Å²) < 4.78 is 37.7. The number of sulfonamides is 1. The zero-order chi connectivity index (χ0) is 26.7. The molecule has 0 radical (unpaired) electrons. The number of nitrogens with zero attached hydrogens (tertiary/aromatic N) is 1. The molecule has 0 aliphatic carbocycles. The molecule has 4 N–H and O–H groups in total. The number of benzene rings is 2. The van der Waals surface area contributed by atoms with E-state index in [-0.39, 0.29) is 48.2 Å². The second-order valence-electron chi connectivity index (χ2n) is 7.30. The minimum absolute atomic E-state index is 0.0112. The second kappa shape index (κ2) is 13.0. The normalized spacial score (nSPS) is 10.7. The highest BCUT2D eigenvalue weighted by Gasteiger charge is 2.20. The van der Waals surface area contributed by atoms with E-state index in [1.807, 2.05) is 22.9 Å². The van der Waals surface area contributed by atoms with Crippen molar-refractivity contribution < 1.29 is 37.4 Å². The smallest absolute Gasteiger partial charge is 0.414 e. The van der Waals surface area contributed by atoms with E-state index in [0.29, 0.717) is 5.75 Å². The number of carbonyl (C=O) groups excluding carboxylic acids is 3. The molecular formula is C24H24N4O8S. The van der Waals surface area contributed by atoms with Crippen molar-refractivity contribution in [1.82, 2.24) is 20.3 Å². The Bertz CT molecular complexity index is 1330. The highest BCUT2D eigenvalue weighted by Crippen LogP contribution is 2.14. The third-order valence-corrected chi connectivity index (χ3v) is 5.94. The molecule has 0 unspecified atom stereocenters. The lowest BCUT2D eigenvalue weighted by molar-refractivity contribution is 0.0945. The molecule has 0 saturated carbocycles. The second-order valence-corrected chi connectivity index (χ2v) is 8.99. The van der Waals surface area contributed by atoms with Gasteiger partial charge < -0.3 is 25.2 Å². The highest BCUT2D eigenvalue weighted by molar-refractivity contribution is 7.90. The molecule has 13 heteroatoms. The van der Waals surface area contributed by atoms with Crippen LogP contribution >= 0.6 is 0 Å². The maximum atomic E-state index is 12.7. The van der Waals surface area contributed by atoms with Gasteiger partial charge in [0.2, 0.25) is 5.88 Å². The molecule has 0 bridgehead atoms. The first-order valence-electron chi connectivity index (χ1n) is 10.9. The number of ether oxygens (including phenoxy) is 2. The molecule has 0 saturated heterocycles. The van der Waals surface area contributed by atoms with Crippen molar-refractivity contribution >= 4 is 27.9 Å². The van der Waals surface area contributed by atoms with E-state index in [9.17, 15) is 22.8 Å². The third-order valence-electron chi connectivity index (χ3n) is 4.61. The summed E-state index contributed by atoms with van der Waals surface area (Å²) in [5.74, 6) is -0.969. The molecule has 0 atom stereocenters. The van der Waals surface area contributed by atoms with Crippen molar-refractivity contribution in [2.75, 3.05) is 26.3 Å². The van der Waals surface area contributed by atoms with E-state index in [1.165, 1.54) is 30.3 Å². The van der Waals surface area contributed by atoms with Gasteiger partial charge in [0.1, 0.15) is 12.4 Å². The zero-order valence-corrected chi connectivity index (χ0v) is 20.2. The lowest BCUT2D eigenvalue weighted by Gasteiger charge is -2.10. The molecule has 2 aromatic carbocycles. The standard InChI is InChI=1S/C24H24N4O8S/c29-13-11-26-24(32)36-21-10-9-18(16-27-21)23(31)28-37(33,34)20-8-4-5-17(15-20)22(30)25-12-14-35-19-6-2-1-3-7-19/h1-10,15-16,29H,11-14H2,(H,25,30)(H,26,32)(H,28,31). The summed E-state index contributed by atoms with van der Waals surface area (Å²) in [5.41, 5.74) is -0.0308. The summed E-state index contributed by atoms with van der Waals surface area (Å²) in [4.78, 5) is 39.8. The number of pyridine rings is 1. The number of amides is 3. The van der Waals surface area contributed by atoms with Crippen LogP contribution in [-0.4, -0.2) is 62.7 Å². The van der Waals surface area contributed by atoms with Crippen molar-refractivity contribution in [3.8, 4) is 11.6 Å². The first-order valence-corrected chi connectivity index (χ1v) is 12.4. The monoisotopic (exact) mass is 528 g/mol. The predicted molar refractivity (Wildman–Crippen MR) is 131 cm³/mol. The maximum Gasteiger partial charge on any atom is 0.414 e. The Hall–Kier alpha value is -4.49. The topological polar surface area (TPSA) is 173 Å². The summed E-state index contributed by atoms with van der Waals surface area (Å²) >= 11 is 0. The van der Waals surface area contributed by atoms with Crippen LogP contribution in [0.15, 0.2) is 77.8 Å². The minimum Gasteiger partial charge on any atom is -0.492 e. The lowest BCUT2D eigenvalue weighted by atomic mass is 10.2. The quantitative estimate of drug-likeness (QED) is 0.266. The molecule has 1 heterocycles. The van der Waals surface area contributed by atoms with Gasteiger partial charge in [-0.3, -0.25) is 9.59 Å². The SMILES string of the molecule is O=C(NCCO)Oc1ccc(C(=O)NS(=O)(=O)c2cccc(C(=O)NCCOc3ccccc3)c2)cn1. The first-order chi connectivity index (χ1) is 17.8. The number of aliphatic hydroxyl groups is 1. The molecular weight excluding hydrogens is 504 g/mol. The van der Waals surface area contributed by atoms with Crippen LogP contribution in [0.4, 0.5) is 4.79 Å². The Morgan fingerprint density at radius 3 is 2.35 bits per heavy atom. The number of hydrogen-bond donors (Lipinski definition) is 4. The van der Waals surface area contributed by atoms with E-state index in [0.717, 1.165) is 12.3 Å². The molecule has 0 aliphatic rings. The van der Waals surface area contributed by atoms with Crippen LogP contribution < -0.4 is 24.8 Å². The number of carbonyl (C=O) groups is 3. The van der Waals surface area contributed by atoms with Crippen molar-refractivity contribution in [3.05, 3.63) is 84.1 Å². The average molecular weight is 529 g/mol. The van der Waals surface area contributed by atoms with Crippen LogP contribution in [0.2, 0.25) is 0 Å². The summed E-state index contributed by atoms with van der Waals surface area (Å²) in [6, 6.07) is 16.7. The molecule has 3 aromatic rings. The van der Waals surface area contributed by atoms with Gasteiger partial charge in [0, 0.05) is 24.4 Å². The van der Waals surface area contributed by atoms with Gasteiger partial charge in [0.15, 0.2) is 0 Å². The van der Waals surface area contributed by atoms with Crippen LogP contribution in [0.25, 0.3) is 0 Å². The number of rotatable bonds is 11. The summed E-state index contributed by atoms with van der Waals surface area (Å²) in [7, 11) is -4.32. The Labute approximate surface area is 212 Å². The highest BCUT2D eigenvalue weighted by atomic mass is 32.2.